The molecule has 0 radical (unpaired) electrons. The number of nitrogens with one attached hydrogen (secondary N) is 2. The first kappa shape index (κ1) is 26.3. The zero-order chi connectivity index (χ0) is 26.8. The number of hydrogen-bond donors (Lipinski definition) is 3. The van der Waals surface area contributed by atoms with Gasteiger partial charge in [-0.15, -0.1) is 10.2 Å². The highest BCUT2D eigenvalue weighted by atomic mass is 35.5. The van der Waals surface area contributed by atoms with Crippen molar-refractivity contribution in [2.24, 2.45) is 0 Å². The zero-order valence-electron chi connectivity index (χ0n) is 21.7. The summed E-state index contributed by atoms with van der Waals surface area (Å²) in [6.45, 7) is 7.42. The highest BCUT2D eigenvalue weighted by Gasteiger charge is 2.22. The van der Waals surface area contributed by atoms with Crippen molar-refractivity contribution in [2.75, 3.05) is 18.5 Å². The second kappa shape index (κ2) is 11.2. The first-order valence-corrected chi connectivity index (χ1v) is 14.0. The molecule has 10 heteroatoms. The third kappa shape index (κ3) is 5.75. The molecule has 1 amide bonds. The molecule has 1 unspecified atom stereocenters. The summed E-state index contributed by atoms with van der Waals surface area (Å²) >= 11 is 7.80. The Morgan fingerprint density at radius 1 is 1.16 bits per heavy atom. The summed E-state index contributed by atoms with van der Waals surface area (Å²) in [6, 6.07) is 9.82. The molecule has 0 aliphatic carbocycles. The summed E-state index contributed by atoms with van der Waals surface area (Å²) in [5, 5.41) is 15.0. The predicted octanol–water partition coefficient (Wildman–Crippen LogP) is 4.76. The highest BCUT2D eigenvalue weighted by Crippen LogP contribution is 2.37. The molecule has 3 heterocycles. The number of halogens is 1. The molecule has 4 aromatic rings. The quantitative estimate of drug-likeness (QED) is 0.306. The number of carbonyl (C=O) groups is 1. The maximum Gasteiger partial charge on any atom is 0.260 e. The van der Waals surface area contributed by atoms with Crippen LogP contribution in [0.25, 0.3) is 22.0 Å². The number of hydrogen-bond acceptors (Lipinski definition) is 6. The van der Waals surface area contributed by atoms with Crippen molar-refractivity contribution in [3.8, 4) is 16.9 Å². The van der Waals surface area contributed by atoms with Gasteiger partial charge in [0.25, 0.3) is 11.5 Å². The van der Waals surface area contributed by atoms with Crippen LogP contribution in [0.5, 0.6) is 5.75 Å². The van der Waals surface area contributed by atoms with Gasteiger partial charge in [0.05, 0.1) is 40.9 Å². The van der Waals surface area contributed by atoms with Gasteiger partial charge in [-0.05, 0) is 57.7 Å². The average Bonchev–Trinajstić information content (AvgIpc) is 3.27. The molecule has 198 valence electrons. The summed E-state index contributed by atoms with van der Waals surface area (Å²) in [4.78, 5) is 29.6. The Morgan fingerprint density at radius 2 is 1.95 bits per heavy atom. The summed E-state index contributed by atoms with van der Waals surface area (Å²) < 4.78 is 6.43. The third-order valence-electron chi connectivity index (χ3n) is 6.82. The third-order valence-corrected chi connectivity index (χ3v) is 7.89. The van der Waals surface area contributed by atoms with E-state index in [0.717, 1.165) is 41.1 Å². The molecule has 1 aliphatic rings. The Hall–Kier alpha value is -3.27. The maximum absolute atomic E-state index is 13.4. The number of nitrogens with zero attached hydrogens (tertiary/aromatic N) is 2. The number of piperidine rings is 1. The topological polar surface area (TPSA) is 114 Å². The van der Waals surface area contributed by atoms with Crippen molar-refractivity contribution in [1.82, 2.24) is 15.2 Å². The summed E-state index contributed by atoms with van der Waals surface area (Å²) in [5.74, 6) is 0.0528. The molecule has 2 aromatic carbocycles. The van der Waals surface area contributed by atoms with Crippen molar-refractivity contribution >= 4 is 44.9 Å². The van der Waals surface area contributed by atoms with Gasteiger partial charge in [0.1, 0.15) is 10.8 Å². The molecular formula is C28H31ClN5O3S+. The number of pyridine rings is 1. The Morgan fingerprint density at radius 3 is 2.63 bits per heavy atom. The van der Waals surface area contributed by atoms with Crippen molar-refractivity contribution in [3.05, 3.63) is 67.4 Å². The van der Waals surface area contributed by atoms with Crippen molar-refractivity contribution in [3.63, 3.8) is 0 Å². The lowest BCUT2D eigenvalue weighted by Crippen LogP contribution is -2.91. The molecule has 1 atom stereocenters. The normalized spacial score (nSPS) is 15.5. The van der Waals surface area contributed by atoms with E-state index in [9.17, 15) is 9.59 Å². The van der Waals surface area contributed by atoms with E-state index in [-0.39, 0.29) is 16.1 Å². The Labute approximate surface area is 229 Å². The van der Waals surface area contributed by atoms with E-state index in [1.807, 2.05) is 32.9 Å². The molecule has 1 aliphatic heterocycles. The molecule has 0 bridgehead atoms. The fourth-order valence-corrected chi connectivity index (χ4v) is 5.94. The van der Waals surface area contributed by atoms with Gasteiger partial charge < -0.3 is 15.0 Å². The first-order valence-electron chi connectivity index (χ1n) is 12.8. The van der Waals surface area contributed by atoms with Gasteiger partial charge in [0.2, 0.25) is 5.13 Å². The smallest absolute Gasteiger partial charge is 0.260 e. The number of amides is 1. The molecular weight excluding hydrogens is 522 g/mol. The van der Waals surface area contributed by atoms with Gasteiger partial charge in [-0.3, -0.25) is 14.9 Å². The minimum atomic E-state index is -0.407. The molecule has 1 saturated heterocycles. The molecule has 0 saturated carbocycles. The van der Waals surface area contributed by atoms with Crippen LogP contribution in [0.2, 0.25) is 5.02 Å². The Balaban J connectivity index is 1.60. The monoisotopic (exact) mass is 552 g/mol. The number of aromatic nitrogens is 3. The van der Waals surface area contributed by atoms with Crippen LogP contribution >= 0.6 is 22.9 Å². The zero-order valence-corrected chi connectivity index (χ0v) is 23.3. The lowest BCUT2D eigenvalue weighted by molar-refractivity contribution is -0.698. The Bertz CT molecular complexity index is 1540. The van der Waals surface area contributed by atoms with E-state index >= 15 is 0 Å². The lowest BCUT2D eigenvalue weighted by atomic mass is 9.98. The van der Waals surface area contributed by atoms with Crippen LogP contribution in [0.1, 0.15) is 52.2 Å². The number of ether oxygens (including phenoxy) is 1. The molecule has 2 aromatic heterocycles. The molecule has 4 N–H and O–H groups in total. The number of aryl methyl sites for hydroxylation is 3. The van der Waals surface area contributed by atoms with Crippen molar-refractivity contribution < 1.29 is 14.8 Å². The summed E-state index contributed by atoms with van der Waals surface area (Å²) in [5.41, 5.74) is 3.82. The van der Waals surface area contributed by atoms with E-state index in [0.29, 0.717) is 40.0 Å². The summed E-state index contributed by atoms with van der Waals surface area (Å²) in [7, 11) is 0. The molecule has 1 fully saturated rings. The van der Waals surface area contributed by atoms with E-state index in [1.54, 1.807) is 12.1 Å². The minimum absolute atomic E-state index is 0.216. The van der Waals surface area contributed by atoms with Crippen LogP contribution in [-0.4, -0.2) is 40.3 Å². The average molecular weight is 553 g/mol. The predicted molar refractivity (Wildman–Crippen MR) is 152 cm³/mol. The van der Waals surface area contributed by atoms with Crippen LogP contribution in [0.3, 0.4) is 0 Å². The molecule has 38 heavy (non-hydrogen) atoms. The standard InChI is InChI=1S/C28H30ClN5O3S/c1-15-10-16(2)12-18(11-15)24-25(37-9-7-19-6-4-5-8-30-19)21-13-20(22(29)14-23(21)31-27(24)36)26(35)32-28-34-33-17(3)38-28/h10-14,19,30H,4-9H2,1-3H3,(H,31,36)(H,32,34,35)/p+1. The number of aromatic amines is 1. The van der Waals surface area contributed by atoms with Gasteiger partial charge in [0, 0.05) is 11.8 Å². The van der Waals surface area contributed by atoms with Crippen LogP contribution in [0, 0.1) is 20.8 Å². The van der Waals surface area contributed by atoms with Gasteiger partial charge in [-0.2, -0.15) is 0 Å². The van der Waals surface area contributed by atoms with E-state index in [2.05, 4.69) is 31.9 Å². The number of rotatable bonds is 7. The fourth-order valence-electron chi connectivity index (χ4n) is 5.10. The van der Waals surface area contributed by atoms with Gasteiger partial charge in [-0.1, -0.05) is 52.3 Å². The van der Waals surface area contributed by atoms with Crippen LogP contribution in [-0.2, 0) is 0 Å². The van der Waals surface area contributed by atoms with Gasteiger partial charge in [0.15, 0.2) is 0 Å². The number of anilines is 1. The number of quaternary nitrogens is 1. The SMILES string of the molecule is Cc1cc(C)cc(-c2c(OCCC3CCCC[NH2+]3)c3cc(C(=O)Nc4nnc(C)s4)c(Cl)cc3[nH]c2=O)c1. The van der Waals surface area contributed by atoms with Crippen LogP contribution < -0.4 is 20.9 Å². The Kier molecular flexibility index (Phi) is 7.78. The van der Waals surface area contributed by atoms with E-state index < -0.39 is 5.91 Å². The van der Waals surface area contributed by atoms with E-state index in [1.165, 1.54) is 24.2 Å². The van der Waals surface area contributed by atoms with Crippen molar-refractivity contribution in [1.29, 1.82) is 0 Å². The van der Waals surface area contributed by atoms with Crippen LogP contribution in [0.15, 0.2) is 35.1 Å². The number of benzene rings is 2. The van der Waals surface area contributed by atoms with Crippen LogP contribution in [0.4, 0.5) is 5.13 Å². The largest absolute Gasteiger partial charge is 0.492 e. The number of H-pyrrole nitrogens is 1. The van der Waals surface area contributed by atoms with Crippen molar-refractivity contribution in [2.45, 2.75) is 52.5 Å². The number of carbonyl (C=O) groups excluding carboxylic acids is 1. The molecule has 8 nitrogen and oxygen atoms in total. The minimum Gasteiger partial charge on any atom is -0.492 e. The second-order valence-corrected chi connectivity index (χ2v) is 11.5. The summed E-state index contributed by atoms with van der Waals surface area (Å²) in [6.07, 6.45) is 4.51. The fraction of sp³-hybridized carbons (Fsp3) is 0.357. The lowest BCUT2D eigenvalue weighted by Gasteiger charge is -2.21. The van der Waals surface area contributed by atoms with E-state index in [4.69, 9.17) is 16.3 Å². The first-order chi connectivity index (χ1) is 18.3. The second-order valence-electron chi connectivity index (χ2n) is 9.91. The number of nitrogens with two attached hydrogens (primary N) is 1. The van der Waals surface area contributed by atoms with Gasteiger partial charge in [-0.25, -0.2) is 0 Å². The molecule has 5 rings (SSSR count). The highest BCUT2D eigenvalue weighted by molar-refractivity contribution is 7.15. The maximum atomic E-state index is 13.4. The molecule has 0 spiro atoms. The number of fused-ring (bicyclic) bond motifs is 1. The van der Waals surface area contributed by atoms with Gasteiger partial charge >= 0.3 is 0 Å².